The molecule has 0 aromatic rings. The molecule has 0 nitrogen and oxygen atoms in total. The molecule has 0 saturated carbocycles. The van der Waals surface area contributed by atoms with E-state index in [1.807, 2.05) is 0 Å². The van der Waals surface area contributed by atoms with Crippen LogP contribution in [-0.2, 0) is 0 Å². The van der Waals surface area contributed by atoms with Gasteiger partial charge >= 0.3 is 47.4 Å². The Morgan fingerprint density at radius 1 is 0.300 bits per heavy atom. The molecule has 0 saturated heterocycles. The molecular weight excluding hydrogens is 486 g/mol. The first-order valence-electron chi connectivity index (χ1n) is 6.65. The topological polar surface area (TPSA) is 0 Å². The fourth-order valence-electron chi connectivity index (χ4n) is 2.50. The second-order valence-corrected chi connectivity index (χ2v) is 5.97. The van der Waals surface area contributed by atoms with E-state index in [-0.39, 0.29) is 0 Å². The first-order valence-corrected chi connectivity index (χ1v) is 6.65. The van der Waals surface area contributed by atoms with Crippen molar-refractivity contribution in [1.82, 2.24) is 0 Å². The molecule has 0 aliphatic heterocycles. The van der Waals surface area contributed by atoms with Gasteiger partial charge in [-0.3, -0.25) is 0 Å². The summed E-state index contributed by atoms with van der Waals surface area (Å²) in [5, 5.41) is 0. The van der Waals surface area contributed by atoms with E-state index in [2.05, 4.69) is 0 Å². The maximum absolute atomic E-state index is 13.7. The Bertz CT molecular complexity index is 769. The molecule has 2 rings (SSSR count). The van der Waals surface area contributed by atoms with Gasteiger partial charge in [0, 0.05) is 0 Å². The molecule has 18 heteroatoms. The lowest BCUT2D eigenvalue weighted by Crippen LogP contribution is -2.70. The molecule has 0 amide bonds. The molecule has 0 heterocycles. The summed E-state index contributed by atoms with van der Waals surface area (Å²) in [7, 11) is 0. The van der Waals surface area contributed by atoms with Gasteiger partial charge in [-0.2, -0.15) is 70.2 Å². The van der Waals surface area contributed by atoms with Gasteiger partial charge in [0.05, 0.1) is 11.1 Å². The molecule has 0 radical (unpaired) electrons. The molecule has 30 heavy (non-hydrogen) atoms. The van der Waals surface area contributed by atoms with Crippen LogP contribution in [0.3, 0.4) is 0 Å². The average molecular weight is 486 g/mol. The summed E-state index contributed by atoms with van der Waals surface area (Å²) in [5.41, 5.74) is -9.50. The van der Waals surface area contributed by atoms with Gasteiger partial charge in [0.1, 0.15) is 0 Å². The van der Waals surface area contributed by atoms with E-state index in [0.29, 0.717) is 0 Å². The minimum atomic E-state index is -7.68. The van der Waals surface area contributed by atoms with E-state index in [0.717, 1.165) is 0 Å². The largest absolute Gasteiger partial charge is 0.385 e. The molecule has 2 aliphatic carbocycles. The molecule has 2 aliphatic rings. The summed E-state index contributed by atoms with van der Waals surface area (Å²) in [6.07, 6.45) is 0. The van der Waals surface area contributed by atoms with Gasteiger partial charge in [-0.1, -0.05) is 0 Å². The lowest BCUT2D eigenvalue weighted by molar-refractivity contribution is -0.372. The van der Waals surface area contributed by atoms with Crippen molar-refractivity contribution >= 4 is 0 Å². The summed E-state index contributed by atoms with van der Waals surface area (Å²) in [6, 6.07) is 0. The van der Waals surface area contributed by atoms with Crippen LogP contribution in [0.4, 0.5) is 79.0 Å². The van der Waals surface area contributed by atoms with Crippen molar-refractivity contribution in [3.8, 4) is 0 Å². The Kier molecular flexibility index (Phi) is 4.51. The highest BCUT2D eigenvalue weighted by Crippen LogP contribution is 2.69. The molecule has 0 fully saturated rings. The Labute approximate surface area is 150 Å². The normalized spacial score (nSPS) is 32.2. The number of halogens is 18. The van der Waals surface area contributed by atoms with Crippen molar-refractivity contribution < 1.29 is 79.0 Å². The van der Waals surface area contributed by atoms with Crippen molar-refractivity contribution in [2.24, 2.45) is 0 Å². The third-order valence-corrected chi connectivity index (χ3v) is 4.23. The van der Waals surface area contributed by atoms with Crippen molar-refractivity contribution in [3.05, 3.63) is 22.8 Å². The van der Waals surface area contributed by atoms with E-state index in [1.165, 1.54) is 0 Å². The van der Waals surface area contributed by atoms with E-state index >= 15 is 0 Å². The van der Waals surface area contributed by atoms with Gasteiger partial charge in [0.2, 0.25) is 0 Å². The van der Waals surface area contributed by atoms with Crippen LogP contribution in [0.1, 0.15) is 0 Å². The highest BCUT2D eigenvalue weighted by atomic mass is 19.4. The van der Waals surface area contributed by atoms with Crippen LogP contribution in [0.2, 0.25) is 0 Å². The third-order valence-electron chi connectivity index (χ3n) is 4.23. The number of hydrogen-bond donors (Lipinski definition) is 0. The second kappa shape index (κ2) is 5.52. The van der Waals surface area contributed by atoms with Crippen LogP contribution in [0.5, 0.6) is 0 Å². The Hall–Kier alpha value is -1.78. The van der Waals surface area contributed by atoms with Gasteiger partial charge in [-0.05, 0) is 0 Å². The summed E-state index contributed by atoms with van der Waals surface area (Å²) in [6.45, 7) is 0. The van der Waals surface area contributed by atoms with Crippen LogP contribution >= 0.6 is 0 Å². The monoisotopic (exact) mass is 486 g/mol. The van der Waals surface area contributed by atoms with Crippen LogP contribution in [0.15, 0.2) is 22.8 Å². The number of hydrogen-bond acceptors (Lipinski definition) is 0. The zero-order valence-corrected chi connectivity index (χ0v) is 12.8. The van der Waals surface area contributed by atoms with Crippen molar-refractivity contribution in [3.63, 3.8) is 0 Å². The summed E-state index contributed by atoms with van der Waals surface area (Å²) in [5.74, 6) is -69.6. The highest BCUT2D eigenvalue weighted by molar-refractivity contribution is 5.55. The van der Waals surface area contributed by atoms with Crippen molar-refractivity contribution in [2.75, 3.05) is 0 Å². The van der Waals surface area contributed by atoms with E-state index in [4.69, 9.17) is 0 Å². The number of rotatable bonds is 1. The Morgan fingerprint density at radius 3 is 0.667 bits per heavy atom. The zero-order chi connectivity index (χ0) is 24.3. The standard InChI is InChI=1S/C12F18/c13-3-1(5(15,16)9(23,24)11(27,28)7(3,19)20)2-4(14)8(21,22)12(29,30)10(25,26)6(2,17)18. The number of alkyl halides is 16. The van der Waals surface area contributed by atoms with E-state index in [9.17, 15) is 79.0 Å². The van der Waals surface area contributed by atoms with Crippen LogP contribution in [0.25, 0.3) is 0 Å². The van der Waals surface area contributed by atoms with E-state index in [1.54, 1.807) is 0 Å². The number of allylic oxidation sites excluding steroid dienone is 4. The molecule has 0 N–H and O–H groups in total. The Morgan fingerprint density at radius 2 is 0.467 bits per heavy atom. The predicted octanol–water partition coefficient (Wildman–Crippen LogP) is 6.54. The SMILES string of the molecule is FC1=C(C2=C(F)C(F)(F)C(F)(F)C(F)(F)C2(F)F)C(F)(F)C(F)(F)C(F)(F)C1(F)F. The quantitative estimate of drug-likeness (QED) is 0.370. The highest BCUT2D eigenvalue weighted by Gasteiger charge is 2.91. The Balaban J connectivity index is 3.14. The van der Waals surface area contributed by atoms with Gasteiger partial charge in [-0.25, -0.2) is 8.78 Å². The summed E-state index contributed by atoms with van der Waals surface area (Å²) >= 11 is 0. The summed E-state index contributed by atoms with van der Waals surface area (Å²) in [4.78, 5) is 0. The van der Waals surface area contributed by atoms with Gasteiger partial charge in [0.25, 0.3) is 0 Å². The summed E-state index contributed by atoms with van der Waals surface area (Å²) < 4.78 is 240. The van der Waals surface area contributed by atoms with Crippen LogP contribution < -0.4 is 0 Å². The third kappa shape index (κ3) is 2.14. The molecule has 174 valence electrons. The van der Waals surface area contributed by atoms with Crippen molar-refractivity contribution in [1.29, 1.82) is 0 Å². The van der Waals surface area contributed by atoms with E-state index < -0.39 is 70.2 Å². The predicted molar refractivity (Wildman–Crippen MR) is 55.8 cm³/mol. The lowest BCUT2D eigenvalue weighted by atomic mass is 9.74. The molecular formula is C12F18. The zero-order valence-electron chi connectivity index (χ0n) is 12.8. The smallest absolute Gasteiger partial charge is 0.204 e. The molecule has 0 bridgehead atoms. The lowest BCUT2D eigenvalue weighted by Gasteiger charge is -2.46. The first-order chi connectivity index (χ1) is 12.8. The fourth-order valence-corrected chi connectivity index (χ4v) is 2.50. The molecule has 0 spiro atoms. The van der Waals surface area contributed by atoms with Crippen LogP contribution in [0, 0.1) is 0 Å². The molecule has 0 aromatic heterocycles. The maximum atomic E-state index is 13.7. The van der Waals surface area contributed by atoms with Gasteiger partial charge in [-0.15, -0.1) is 0 Å². The minimum Gasteiger partial charge on any atom is -0.204 e. The van der Waals surface area contributed by atoms with Crippen LogP contribution in [-0.4, -0.2) is 47.4 Å². The molecule has 0 unspecified atom stereocenters. The average Bonchev–Trinajstić information content (AvgIpc) is 2.54. The van der Waals surface area contributed by atoms with Gasteiger partial charge < -0.3 is 0 Å². The van der Waals surface area contributed by atoms with Gasteiger partial charge in [0.15, 0.2) is 11.7 Å². The maximum Gasteiger partial charge on any atom is 0.385 e. The van der Waals surface area contributed by atoms with Crippen molar-refractivity contribution in [2.45, 2.75) is 47.4 Å². The molecule has 0 atom stereocenters. The molecule has 0 aromatic carbocycles. The minimum absolute atomic E-state index is 4.75. The first kappa shape index (κ1) is 24.5. The fraction of sp³-hybridized carbons (Fsp3) is 0.667. The second-order valence-electron chi connectivity index (χ2n) is 5.97.